The van der Waals surface area contributed by atoms with Crippen molar-refractivity contribution in [1.82, 2.24) is 14.8 Å². The lowest BCUT2D eigenvalue weighted by Crippen LogP contribution is -2.04. The highest BCUT2D eigenvalue weighted by molar-refractivity contribution is 7.18. The van der Waals surface area contributed by atoms with Gasteiger partial charge in [-0.05, 0) is 12.1 Å². The van der Waals surface area contributed by atoms with Crippen LogP contribution >= 0.6 is 11.3 Å². The molecule has 19 heavy (non-hydrogen) atoms. The number of nitrogens with two attached hydrogens (primary N) is 1. The van der Waals surface area contributed by atoms with Crippen LogP contribution in [0.3, 0.4) is 0 Å². The Morgan fingerprint density at radius 1 is 1.42 bits per heavy atom. The molecule has 2 aromatic heterocycles. The smallest absolute Gasteiger partial charge is 0.358 e. The molecular formula is C12H10N4O2S. The van der Waals surface area contributed by atoms with Crippen molar-refractivity contribution in [2.24, 2.45) is 0 Å². The highest BCUT2D eigenvalue weighted by atomic mass is 32.1. The van der Waals surface area contributed by atoms with Crippen LogP contribution in [0.25, 0.3) is 10.2 Å². The van der Waals surface area contributed by atoms with Crippen LogP contribution in [0.5, 0.6) is 0 Å². The van der Waals surface area contributed by atoms with Gasteiger partial charge in [0.2, 0.25) is 0 Å². The van der Waals surface area contributed by atoms with Gasteiger partial charge in [0.05, 0.1) is 22.4 Å². The fraction of sp³-hybridized carbons (Fsp3) is 0.0833. The van der Waals surface area contributed by atoms with E-state index in [0.717, 1.165) is 15.2 Å². The Morgan fingerprint density at radius 2 is 2.21 bits per heavy atom. The molecule has 3 rings (SSSR count). The summed E-state index contributed by atoms with van der Waals surface area (Å²) in [5.74, 6) is -1.12. The summed E-state index contributed by atoms with van der Waals surface area (Å²) in [4.78, 5) is 15.3. The number of benzene rings is 1. The highest BCUT2D eigenvalue weighted by Crippen LogP contribution is 2.22. The van der Waals surface area contributed by atoms with Crippen LogP contribution < -0.4 is 5.73 Å². The van der Waals surface area contributed by atoms with Gasteiger partial charge in [-0.15, -0.1) is 11.3 Å². The number of fused-ring (bicyclic) bond motifs is 1. The number of carbonyl (C=O) groups is 1. The maximum absolute atomic E-state index is 10.9. The number of para-hydroxylation sites is 1. The Bertz CT molecular complexity index is 729. The molecule has 7 heteroatoms. The first-order valence-electron chi connectivity index (χ1n) is 5.54. The van der Waals surface area contributed by atoms with Crippen LogP contribution in [0.2, 0.25) is 0 Å². The zero-order valence-electron chi connectivity index (χ0n) is 9.78. The fourth-order valence-electron chi connectivity index (χ4n) is 1.81. The zero-order chi connectivity index (χ0) is 13.4. The Labute approximate surface area is 112 Å². The molecule has 1 aromatic carbocycles. The minimum absolute atomic E-state index is 0.124. The minimum atomic E-state index is -1.12. The average Bonchev–Trinajstić information content (AvgIpc) is 2.92. The monoisotopic (exact) mass is 274 g/mol. The summed E-state index contributed by atoms with van der Waals surface area (Å²) in [6.07, 6.45) is 1.51. The van der Waals surface area contributed by atoms with Crippen molar-refractivity contribution in [1.29, 1.82) is 0 Å². The predicted molar refractivity (Wildman–Crippen MR) is 72.3 cm³/mol. The Kier molecular flexibility index (Phi) is 2.68. The minimum Gasteiger partial charge on any atom is -0.476 e. The zero-order valence-corrected chi connectivity index (χ0v) is 10.6. The third-order valence-electron chi connectivity index (χ3n) is 2.63. The molecule has 96 valence electrons. The summed E-state index contributed by atoms with van der Waals surface area (Å²) in [7, 11) is 0. The quantitative estimate of drug-likeness (QED) is 0.759. The molecule has 0 fully saturated rings. The molecular weight excluding hydrogens is 264 g/mol. The van der Waals surface area contributed by atoms with Gasteiger partial charge in [-0.3, -0.25) is 4.68 Å². The van der Waals surface area contributed by atoms with Crippen LogP contribution in [0.4, 0.5) is 5.69 Å². The lowest BCUT2D eigenvalue weighted by molar-refractivity contribution is 0.0690. The number of nitrogens with zero attached hydrogens (tertiary/aromatic N) is 3. The molecule has 3 aromatic rings. The first kappa shape index (κ1) is 11.7. The molecule has 0 bridgehead atoms. The Balaban J connectivity index is 1.92. The summed E-state index contributed by atoms with van der Waals surface area (Å²) < 4.78 is 2.59. The standard InChI is InChI=1S/C12H10N4O2S/c13-7-5-16(15-11(7)12(17)18)6-10-14-8-3-1-2-4-9(8)19-10/h1-5H,6,13H2,(H,17,18). The lowest BCUT2D eigenvalue weighted by Gasteiger charge is -1.95. The van der Waals surface area contributed by atoms with Gasteiger partial charge in [0.1, 0.15) is 5.01 Å². The largest absolute Gasteiger partial charge is 0.476 e. The van der Waals surface area contributed by atoms with E-state index in [1.54, 1.807) is 11.3 Å². The van der Waals surface area contributed by atoms with E-state index in [1.165, 1.54) is 10.9 Å². The number of carboxylic acid groups (broad SMARTS) is 1. The number of hydrogen-bond acceptors (Lipinski definition) is 5. The molecule has 2 heterocycles. The van der Waals surface area contributed by atoms with Crippen molar-refractivity contribution in [3.8, 4) is 0 Å². The normalized spacial score (nSPS) is 10.9. The molecule has 0 radical (unpaired) electrons. The average molecular weight is 274 g/mol. The first-order chi connectivity index (χ1) is 9.13. The van der Waals surface area contributed by atoms with Gasteiger partial charge in [0, 0.05) is 6.20 Å². The number of rotatable bonds is 3. The van der Waals surface area contributed by atoms with Crippen LogP contribution in [0.1, 0.15) is 15.5 Å². The molecule has 0 saturated carbocycles. The SMILES string of the molecule is Nc1cn(Cc2nc3ccccc3s2)nc1C(=O)O. The van der Waals surface area contributed by atoms with Crippen molar-refractivity contribution in [2.75, 3.05) is 5.73 Å². The Hall–Kier alpha value is -2.41. The van der Waals surface area contributed by atoms with Crippen LogP contribution in [-0.2, 0) is 6.54 Å². The molecule has 0 unspecified atom stereocenters. The molecule has 0 saturated heterocycles. The molecule has 0 aliphatic heterocycles. The van der Waals surface area contributed by atoms with E-state index >= 15 is 0 Å². The topological polar surface area (TPSA) is 94.0 Å². The molecule has 0 spiro atoms. The van der Waals surface area contributed by atoms with Gasteiger partial charge >= 0.3 is 5.97 Å². The number of anilines is 1. The van der Waals surface area contributed by atoms with E-state index in [1.807, 2.05) is 24.3 Å². The second-order valence-corrected chi connectivity index (χ2v) is 5.13. The van der Waals surface area contributed by atoms with Gasteiger partial charge < -0.3 is 10.8 Å². The predicted octanol–water partition coefficient (Wildman–Crippen LogP) is 1.82. The number of nitrogen functional groups attached to an aromatic ring is 1. The van der Waals surface area contributed by atoms with E-state index in [4.69, 9.17) is 10.8 Å². The van der Waals surface area contributed by atoms with Crippen molar-refractivity contribution >= 4 is 33.2 Å². The van der Waals surface area contributed by atoms with E-state index in [-0.39, 0.29) is 11.4 Å². The summed E-state index contributed by atoms with van der Waals surface area (Å²) in [5.41, 5.74) is 6.56. The van der Waals surface area contributed by atoms with Gasteiger partial charge in [-0.1, -0.05) is 12.1 Å². The van der Waals surface area contributed by atoms with Crippen LogP contribution in [0, 0.1) is 0 Å². The fourth-order valence-corrected chi connectivity index (χ4v) is 2.77. The van der Waals surface area contributed by atoms with E-state index < -0.39 is 5.97 Å². The van der Waals surface area contributed by atoms with Gasteiger partial charge in [-0.2, -0.15) is 5.10 Å². The lowest BCUT2D eigenvalue weighted by atomic mass is 10.3. The second kappa shape index (κ2) is 4.36. The van der Waals surface area contributed by atoms with Gasteiger partial charge in [-0.25, -0.2) is 9.78 Å². The number of aromatic nitrogens is 3. The third kappa shape index (κ3) is 2.15. The van der Waals surface area contributed by atoms with Crippen LogP contribution in [-0.4, -0.2) is 25.8 Å². The summed E-state index contributed by atoms with van der Waals surface area (Å²) >= 11 is 1.56. The number of aromatic carboxylic acids is 1. The molecule has 3 N–H and O–H groups in total. The van der Waals surface area contributed by atoms with Gasteiger partial charge in [0.15, 0.2) is 5.69 Å². The third-order valence-corrected chi connectivity index (χ3v) is 3.65. The summed E-state index contributed by atoms with van der Waals surface area (Å²) in [5, 5.41) is 13.7. The van der Waals surface area contributed by atoms with E-state index in [9.17, 15) is 4.79 Å². The highest BCUT2D eigenvalue weighted by Gasteiger charge is 2.14. The second-order valence-electron chi connectivity index (χ2n) is 4.01. The number of carboxylic acids is 1. The molecule has 6 nitrogen and oxygen atoms in total. The Morgan fingerprint density at radius 3 is 2.89 bits per heavy atom. The van der Waals surface area contributed by atoms with Crippen molar-refractivity contribution < 1.29 is 9.90 Å². The summed E-state index contributed by atoms with van der Waals surface area (Å²) in [6, 6.07) is 7.82. The molecule has 0 aliphatic carbocycles. The van der Waals surface area contributed by atoms with Crippen molar-refractivity contribution in [2.45, 2.75) is 6.54 Å². The molecule has 0 aliphatic rings. The summed E-state index contributed by atoms with van der Waals surface area (Å²) in [6.45, 7) is 0.414. The van der Waals surface area contributed by atoms with E-state index in [0.29, 0.717) is 6.54 Å². The van der Waals surface area contributed by atoms with E-state index in [2.05, 4.69) is 10.1 Å². The van der Waals surface area contributed by atoms with Crippen molar-refractivity contribution in [3.63, 3.8) is 0 Å². The van der Waals surface area contributed by atoms with Crippen LogP contribution in [0.15, 0.2) is 30.5 Å². The maximum Gasteiger partial charge on any atom is 0.358 e. The van der Waals surface area contributed by atoms with Gasteiger partial charge in [0.25, 0.3) is 0 Å². The number of thiazole rings is 1. The van der Waals surface area contributed by atoms with Crippen molar-refractivity contribution in [3.05, 3.63) is 41.2 Å². The first-order valence-corrected chi connectivity index (χ1v) is 6.36. The maximum atomic E-state index is 10.9. The molecule has 0 atom stereocenters. The molecule has 0 amide bonds. The number of hydrogen-bond donors (Lipinski definition) is 2.